The van der Waals surface area contributed by atoms with Gasteiger partial charge in [0.15, 0.2) is 0 Å². The molecule has 134 valence electrons. The van der Waals surface area contributed by atoms with Crippen molar-refractivity contribution in [3.8, 4) is 5.75 Å². The topological polar surface area (TPSA) is 84.1 Å². The van der Waals surface area contributed by atoms with Gasteiger partial charge in [-0.3, -0.25) is 9.59 Å². The average molecular weight is 369 g/mol. The number of rotatable bonds is 6. The highest BCUT2D eigenvalue weighted by Gasteiger charge is 2.13. The number of fused-ring (bicyclic) bond motifs is 1. The van der Waals surface area contributed by atoms with Crippen molar-refractivity contribution in [2.75, 3.05) is 18.2 Å². The maximum Gasteiger partial charge on any atom is 0.258 e. The molecule has 0 fully saturated rings. The molecular formula is C19H19N3O3S. The van der Waals surface area contributed by atoms with Gasteiger partial charge in [-0.15, -0.1) is 11.8 Å². The van der Waals surface area contributed by atoms with E-state index in [-0.39, 0.29) is 22.5 Å². The molecule has 26 heavy (non-hydrogen) atoms. The number of hydrogen-bond donors (Lipinski definition) is 2. The molecule has 6 nitrogen and oxygen atoms in total. The van der Waals surface area contributed by atoms with Crippen LogP contribution >= 0.6 is 11.8 Å². The first-order chi connectivity index (χ1) is 12.6. The number of nitrogens with zero attached hydrogens (tertiary/aromatic N) is 1. The van der Waals surface area contributed by atoms with E-state index < -0.39 is 0 Å². The first-order valence-electron chi connectivity index (χ1n) is 8.11. The quantitative estimate of drug-likeness (QED) is 0.696. The van der Waals surface area contributed by atoms with Crippen molar-refractivity contribution in [1.82, 2.24) is 9.97 Å². The van der Waals surface area contributed by atoms with Crippen molar-refractivity contribution in [3.05, 3.63) is 64.7 Å². The zero-order chi connectivity index (χ0) is 18.5. The van der Waals surface area contributed by atoms with Gasteiger partial charge in [0.25, 0.3) is 5.56 Å². The van der Waals surface area contributed by atoms with Gasteiger partial charge in [-0.1, -0.05) is 18.2 Å². The molecule has 3 rings (SSSR count). The van der Waals surface area contributed by atoms with Gasteiger partial charge in [-0.2, -0.15) is 0 Å². The Labute approximate surface area is 155 Å². The number of carbonyl (C=O) groups excluding carboxylic acids is 1. The second-order valence-corrected chi connectivity index (χ2v) is 7.03. The highest BCUT2D eigenvalue weighted by atomic mass is 32.2. The van der Waals surface area contributed by atoms with Crippen LogP contribution in [0.25, 0.3) is 10.9 Å². The number of benzene rings is 2. The Morgan fingerprint density at radius 2 is 2.08 bits per heavy atom. The molecule has 1 unspecified atom stereocenters. The molecular weight excluding hydrogens is 350 g/mol. The van der Waals surface area contributed by atoms with E-state index in [1.807, 2.05) is 25.1 Å². The first kappa shape index (κ1) is 18.0. The van der Waals surface area contributed by atoms with Crippen LogP contribution in [0.3, 0.4) is 0 Å². The van der Waals surface area contributed by atoms with Gasteiger partial charge in [-0.25, -0.2) is 4.98 Å². The lowest BCUT2D eigenvalue weighted by atomic mass is 10.2. The maximum absolute atomic E-state index is 12.2. The number of amides is 1. The smallest absolute Gasteiger partial charge is 0.258 e. The van der Waals surface area contributed by atoms with Crippen molar-refractivity contribution in [2.45, 2.75) is 12.2 Å². The summed E-state index contributed by atoms with van der Waals surface area (Å²) in [6.07, 6.45) is 0. The third-order valence-corrected chi connectivity index (χ3v) is 4.99. The molecule has 1 aromatic heterocycles. The van der Waals surface area contributed by atoms with Gasteiger partial charge in [0.1, 0.15) is 11.6 Å². The fourth-order valence-electron chi connectivity index (χ4n) is 2.47. The van der Waals surface area contributed by atoms with Crippen molar-refractivity contribution in [3.63, 3.8) is 0 Å². The van der Waals surface area contributed by atoms with Gasteiger partial charge in [0, 0.05) is 11.8 Å². The second-order valence-electron chi connectivity index (χ2n) is 5.70. The molecule has 0 saturated heterocycles. The molecule has 1 heterocycles. The summed E-state index contributed by atoms with van der Waals surface area (Å²) in [6.45, 7) is 1.91. The van der Waals surface area contributed by atoms with Crippen LogP contribution in [0.5, 0.6) is 5.75 Å². The molecule has 3 aromatic rings. The number of ether oxygens (including phenoxy) is 1. The van der Waals surface area contributed by atoms with Gasteiger partial charge in [0.2, 0.25) is 5.91 Å². The first-order valence-corrected chi connectivity index (χ1v) is 9.16. The van der Waals surface area contributed by atoms with E-state index in [9.17, 15) is 9.59 Å². The highest BCUT2D eigenvalue weighted by molar-refractivity contribution is 8.00. The maximum atomic E-state index is 12.2. The van der Waals surface area contributed by atoms with Crippen LogP contribution in [0.2, 0.25) is 0 Å². The number of hydrogen-bond acceptors (Lipinski definition) is 5. The fraction of sp³-hybridized carbons (Fsp3) is 0.211. The summed E-state index contributed by atoms with van der Waals surface area (Å²) in [6, 6.07) is 14.4. The van der Waals surface area contributed by atoms with Gasteiger partial charge < -0.3 is 15.0 Å². The second kappa shape index (κ2) is 8.05. The minimum absolute atomic E-state index is 0.122. The molecule has 1 atom stereocenters. The van der Waals surface area contributed by atoms with Crippen LogP contribution in [-0.2, 0) is 4.79 Å². The fourth-order valence-corrected chi connectivity index (χ4v) is 3.22. The zero-order valence-electron chi connectivity index (χ0n) is 14.5. The summed E-state index contributed by atoms with van der Waals surface area (Å²) in [5.41, 5.74) is 1.17. The van der Waals surface area contributed by atoms with Crippen molar-refractivity contribution in [1.29, 1.82) is 0 Å². The molecule has 0 saturated carbocycles. The van der Waals surface area contributed by atoms with Crippen LogP contribution in [0.4, 0.5) is 5.69 Å². The van der Waals surface area contributed by atoms with Gasteiger partial charge in [0.05, 0.1) is 29.0 Å². The van der Waals surface area contributed by atoms with Crippen LogP contribution in [-0.4, -0.2) is 28.7 Å². The number of aromatic nitrogens is 2. The number of anilines is 1. The average Bonchev–Trinajstić information content (AvgIpc) is 2.66. The predicted molar refractivity (Wildman–Crippen MR) is 105 cm³/mol. The number of thioether (sulfide) groups is 1. The Bertz CT molecular complexity index is 987. The largest absolute Gasteiger partial charge is 0.497 e. The summed E-state index contributed by atoms with van der Waals surface area (Å²) < 4.78 is 5.14. The molecule has 0 spiro atoms. The van der Waals surface area contributed by atoms with Crippen molar-refractivity contribution >= 4 is 34.3 Å². The summed E-state index contributed by atoms with van der Waals surface area (Å²) >= 11 is 1.41. The van der Waals surface area contributed by atoms with Crippen LogP contribution < -0.4 is 15.6 Å². The van der Waals surface area contributed by atoms with E-state index >= 15 is 0 Å². The lowest BCUT2D eigenvalue weighted by Gasteiger charge is -2.12. The number of methoxy groups -OCH3 is 1. The molecule has 1 amide bonds. The Balaban J connectivity index is 1.64. The van der Waals surface area contributed by atoms with E-state index in [4.69, 9.17) is 4.74 Å². The molecule has 0 aliphatic rings. The molecule has 7 heteroatoms. The minimum Gasteiger partial charge on any atom is -0.497 e. The molecule has 0 aliphatic heterocycles. The van der Waals surface area contributed by atoms with Crippen LogP contribution in [0, 0.1) is 0 Å². The van der Waals surface area contributed by atoms with Gasteiger partial charge >= 0.3 is 0 Å². The third-order valence-electron chi connectivity index (χ3n) is 3.83. The number of H-pyrrole nitrogens is 1. The number of carbonyl (C=O) groups is 1. The minimum atomic E-state index is -0.168. The third kappa shape index (κ3) is 4.23. The number of para-hydroxylation sites is 1. The normalized spacial score (nSPS) is 11.9. The summed E-state index contributed by atoms with van der Waals surface area (Å²) in [7, 11) is 1.58. The van der Waals surface area contributed by atoms with E-state index in [1.165, 1.54) is 11.8 Å². The molecule has 0 aliphatic carbocycles. The zero-order valence-corrected chi connectivity index (χ0v) is 15.3. The standard InChI is InChI=1S/C19H19N3O3S/c1-12(18-21-16-9-4-3-8-15(16)19(24)22-18)26-11-17(23)20-13-6-5-7-14(10-13)25-2/h3-10,12H,11H2,1-2H3,(H,20,23)(H,21,22,24). The van der Waals surface area contributed by atoms with E-state index in [0.717, 1.165) is 0 Å². The number of aromatic amines is 1. The molecule has 2 aromatic carbocycles. The highest BCUT2D eigenvalue weighted by Crippen LogP contribution is 2.26. The number of nitrogens with one attached hydrogen (secondary N) is 2. The van der Waals surface area contributed by atoms with Crippen molar-refractivity contribution in [2.24, 2.45) is 0 Å². The monoisotopic (exact) mass is 369 g/mol. The Morgan fingerprint density at radius 3 is 2.88 bits per heavy atom. The molecule has 0 radical (unpaired) electrons. The van der Waals surface area contributed by atoms with Gasteiger partial charge in [-0.05, 0) is 31.2 Å². The van der Waals surface area contributed by atoms with E-state index in [1.54, 1.807) is 37.4 Å². The van der Waals surface area contributed by atoms with Crippen LogP contribution in [0.1, 0.15) is 18.0 Å². The lowest BCUT2D eigenvalue weighted by Crippen LogP contribution is -2.16. The van der Waals surface area contributed by atoms with E-state index in [0.29, 0.717) is 28.2 Å². The van der Waals surface area contributed by atoms with Crippen LogP contribution in [0.15, 0.2) is 53.3 Å². The Morgan fingerprint density at radius 1 is 1.27 bits per heavy atom. The summed E-state index contributed by atoms with van der Waals surface area (Å²) in [4.78, 5) is 31.6. The molecule has 2 N–H and O–H groups in total. The Hall–Kier alpha value is -2.80. The summed E-state index contributed by atoms with van der Waals surface area (Å²) in [5, 5.41) is 3.27. The van der Waals surface area contributed by atoms with E-state index in [2.05, 4.69) is 15.3 Å². The predicted octanol–water partition coefficient (Wildman–Crippen LogP) is 3.36. The lowest BCUT2D eigenvalue weighted by molar-refractivity contribution is -0.113. The summed E-state index contributed by atoms with van der Waals surface area (Å²) in [5.74, 6) is 1.36. The Kier molecular flexibility index (Phi) is 5.58. The SMILES string of the molecule is COc1cccc(NC(=O)CSC(C)c2nc3ccccc3c(=O)[nH]2)c1. The van der Waals surface area contributed by atoms with Crippen molar-refractivity contribution < 1.29 is 9.53 Å². The molecule has 0 bridgehead atoms.